The van der Waals surface area contributed by atoms with Crippen LogP contribution < -0.4 is 10.6 Å². The van der Waals surface area contributed by atoms with Crippen molar-refractivity contribution in [1.29, 1.82) is 0 Å². The molecule has 1 aliphatic rings. The van der Waals surface area contributed by atoms with Crippen LogP contribution in [0, 0.1) is 13.8 Å². The van der Waals surface area contributed by atoms with Crippen LogP contribution in [0.25, 0.3) is 0 Å². The molecule has 0 aromatic carbocycles. The van der Waals surface area contributed by atoms with Crippen LogP contribution in [-0.4, -0.2) is 31.7 Å². The molecule has 0 bridgehead atoms. The normalized spacial score (nSPS) is 17.9. The molecule has 1 aromatic heterocycles. The first-order chi connectivity index (χ1) is 9.56. The molecular formula is C15H24N2O2S. The number of hydrogen-bond donors (Lipinski definition) is 2. The maximum atomic E-state index is 11.9. The van der Waals surface area contributed by atoms with Crippen molar-refractivity contribution in [1.82, 2.24) is 10.6 Å². The van der Waals surface area contributed by atoms with Gasteiger partial charge in [0.1, 0.15) is 0 Å². The lowest BCUT2D eigenvalue weighted by atomic mass is 10.1. The summed E-state index contributed by atoms with van der Waals surface area (Å²) in [4.78, 5) is 14.6. The van der Waals surface area contributed by atoms with E-state index in [1.54, 1.807) is 11.3 Å². The van der Waals surface area contributed by atoms with E-state index >= 15 is 0 Å². The van der Waals surface area contributed by atoms with E-state index in [-0.39, 0.29) is 18.0 Å². The molecule has 4 nitrogen and oxygen atoms in total. The van der Waals surface area contributed by atoms with E-state index in [1.807, 2.05) is 0 Å². The van der Waals surface area contributed by atoms with E-state index in [1.165, 1.54) is 15.3 Å². The Labute approximate surface area is 124 Å². The lowest BCUT2D eigenvalue weighted by molar-refractivity contribution is -0.121. The topological polar surface area (TPSA) is 50.4 Å². The smallest absolute Gasteiger partial charge is 0.234 e. The fraction of sp³-hybridized carbons (Fsp3) is 0.667. The first-order valence-electron chi connectivity index (χ1n) is 7.23. The summed E-state index contributed by atoms with van der Waals surface area (Å²) in [5, 5.41) is 6.37. The Hall–Kier alpha value is -0.910. The zero-order valence-electron chi connectivity index (χ0n) is 12.5. The van der Waals surface area contributed by atoms with E-state index in [0.29, 0.717) is 6.54 Å². The Bertz CT molecular complexity index is 453. The molecule has 1 fully saturated rings. The predicted octanol–water partition coefficient (Wildman–Crippen LogP) is 2.31. The standard InChI is InChI=1S/C15H24N2O2S/c1-10-8-14(12(3)20-10)11(2)16-9-15(18)17-13-4-6-19-7-5-13/h8,11,13,16H,4-7,9H2,1-3H3,(H,17,18). The molecule has 0 spiro atoms. The fourth-order valence-corrected chi connectivity index (χ4v) is 3.58. The fourth-order valence-electron chi connectivity index (χ4n) is 2.56. The van der Waals surface area contributed by atoms with Gasteiger partial charge >= 0.3 is 0 Å². The summed E-state index contributed by atoms with van der Waals surface area (Å²) in [5.74, 6) is 0.0772. The highest BCUT2D eigenvalue weighted by atomic mass is 32.1. The Kier molecular flexibility index (Phi) is 5.57. The van der Waals surface area contributed by atoms with Gasteiger partial charge in [0.05, 0.1) is 6.54 Å². The summed E-state index contributed by atoms with van der Waals surface area (Å²) in [6.07, 6.45) is 1.84. The predicted molar refractivity (Wildman–Crippen MR) is 82.2 cm³/mol. The number of amides is 1. The van der Waals surface area contributed by atoms with Gasteiger partial charge in [-0.3, -0.25) is 4.79 Å². The third-order valence-corrected chi connectivity index (χ3v) is 4.68. The highest BCUT2D eigenvalue weighted by molar-refractivity contribution is 7.12. The highest BCUT2D eigenvalue weighted by Gasteiger charge is 2.17. The Morgan fingerprint density at radius 2 is 2.15 bits per heavy atom. The zero-order valence-corrected chi connectivity index (χ0v) is 13.3. The summed E-state index contributed by atoms with van der Waals surface area (Å²) in [6.45, 7) is 8.23. The van der Waals surface area contributed by atoms with Gasteiger partial charge in [-0.25, -0.2) is 0 Å². The molecular weight excluding hydrogens is 272 g/mol. The van der Waals surface area contributed by atoms with Gasteiger partial charge in [0.15, 0.2) is 0 Å². The summed E-state index contributed by atoms with van der Waals surface area (Å²) < 4.78 is 5.29. The Morgan fingerprint density at radius 3 is 2.75 bits per heavy atom. The molecule has 112 valence electrons. The molecule has 0 aliphatic carbocycles. The third kappa shape index (κ3) is 4.30. The number of nitrogens with one attached hydrogen (secondary N) is 2. The molecule has 1 saturated heterocycles. The highest BCUT2D eigenvalue weighted by Crippen LogP contribution is 2.25. The summed E-state index contributed by atoms with van der Waals surface area (Å²) in [5.41, 5.74) is 1.30. The molecule has 2 N–H and O–H groups in total. The van der Waals surface area contributed by atoms with Crippen molar-refractivity contribution in [2.75, 3.05) is 19.8 Å². The minimum atomic E-state index is 0.0772. The minimum Gasteiger partial charge on any atom is -0.381 e. The molecule has 2 rings (SSSR count). The van der Waals surface area contributed by atoms with Gasteiger partial charge in [0.2, 0.25) is 5.91 Å². The van der Waals surface area contributed by atoms with Crippen LogP contribution >= 0.6 is 11.3 Å². The lowest BCUT2D eigenvalue weighted by Crippen LogP contribution is -2.43. The molecule has 0 saturated carbocycles. The van der Waals surface area contributed by atoms with Crippen molar-refractivity contribution in [3.8, 4) is 0 Å². The number of carbonyl (C=O) groups excluding carboxylic acids is 1. The van der Waals surface area contributed by atoms with Gasteiger partial charge in [-0.2, -0.15) is 0 Å². The van der Waals surface area contributed by atoms with E-state index in [4.69, 9.17) is 4.74 Å². The van der Waals surface area contributed by atoms with Crippen molar-refractivity contribution in [2.24, 2.45) is 0 Å². The molecule has 5 heteroatoms. The van der Waals surface area contributed by atoms with Crippen molar-refractivity contribution < 1.29 is 9.53 Å². The van der Waals surface area contributed by atoms with Crippen molar-refractivity contribution >= 4 is 17.2 Å². The molecule has 20 heavy (non-hydrogen) atoms. The zero-order chi connectivity index (χ0) is 14.5. The molecule has 1 unspecified atom stereocenters. The number of aryl methyl sites for hydroxylation is 2. The quantitative estimate of drug-likeness (QED) is 0.876. The first-order valence-corrected chi connectivity index (χ1v) is 8.05. The summed E-state index contributed by atoms with van der Waals surface area (Å²) in [7, 11) is 0. The van der Waals surface area contributed by atoms with E-state index < -0.39 is 0 Å². The number of rotatable bonds is 5. The monoisotopic (exact) mass is 296 g/mol. The van der Waals surface area contributed by atoms with Gasteiger partial charge in [0.25, 0.3) is 0 Å². The van der Waals surface area contributed by atoms with Gasteiger partial charge in [0, 0.05) is 35.1 Å². The number of thiophene rings is 1. The van der Waals surface area contributed by atoms with Crippen LogP contribution in [0.4, 0.5) is 0 Å². The molecule has 1 amide bonds. The van der Waals surface area contributed by atoms with Crippen molar-refractivity contribution in [3.05, 3.63) is 21.4 Å². The second-order valence-corrected chi connectivity index (χ2v) is 6.89. The SMILES string of the molecule is Cc1cc(C(C)NCC(=O)NC2CCOCC2)c(C)s1. The van der Waals surface area contributed by atoms with Gasteiger partial charge in [-0.15, -0.1) is 11.3 Å². The Balaban J connectivity index is 1.76. The van der Waals surface area contributed by atoms with E-state index in [9.17, 15) is 4.79 Å². The average Bonchev–Trinajstić information content (AvgIpc) is 2.76. The first kappa shape index (κ1) is 15.5. The third-order valence-electron chi connectivity index (χ3n) is 3.70. The molecule has 1 aliphatic heterocycles. The molecule has 0 radical (unpaired) electrons. The maximum absolute atomic E-state index is 11.9. The lowest BCUT2D eigenvalue weighted by Gasteiger charge is -2.23. The maximum Gasteiger partial charge on any atom is 0.234 e. The van der Waals surface area contributed by atoms with Crippen LogP contribution in [0.1, 0.15) is 41.1 Å². The van der Waals surface area contributed by atoms with Crippen LogP contribution in [-0.2, 0) is 9.53 Å². The van der Waals surface area contributed by atoms with Crippen LogP contribution in [0.2, 0.25) is 0 Å². The average molecular weight is 296 g/mol. The summed E-state index contributed by atoms with van der Waals surface area (Å²) >= 11 is 1.81. The number of hydrogen-bond acceptors (Lipinski definition) is 4. The van der Waals surface area contributed by atoms with E-state index in [2.05, 4.69) is 37.5 Å². The van der Waals surface area contributed by atoms with Crippen LogP contribution in [0.3, 0.4) is 0 Å². The largest absolute Gasteiger partial charge is 0.381 e. The molecule has 1 atom stereocenters. The summed E-state index contributed by atoms with van der Waals surface area (Å²) in [6, 6.07) is 2.69. The van der Waals surface area contributed by atoms with Crippen LogP contribution in [0.15, 0.2) is 6.07 Å². The van der Waals surface area contributed by atoms with Gasteiger partial charge in [-0.05, 0) is 45.2 Å². The Morgan fingerprint density at radius 1 is 1.45 bits per heavy atom. The molecule has 2 heterocycles. The van der Waals surface area contributed by atoms with Crippen molar-refractivity contribution in [3.63, 3.8) is 0 Å². The van der Waals surface area contributed by atoms with Gasteiger partial charge < -0.3 is 15.4 Å². The number of carbonyl (C=O) groups is 1. The van der Waals surface area contributed by atoms with Crippen LogP contribution in [0.5, 0.6) is 0 Å². The minimum absolute atomic E-state index is 0.0772. The molecule has 1 aromatic rings. The number of ether oxygens (including phenoxy) is 1. The second kappa shape index (κ2) is 7.20. The second-order valence-electron chi connectivity index (χ2n) is 5.43. The van der Waals surface area contributed by atoms with E-state index in [0.717, 1.165) is 26.1 Å². The van der Waals surface area contributed by atoms with Gasteiger partial charge in [-0.1, -0.05) is 0 Å². The van der Waals surface area contributed by atoms with Crippen molar-refractivity contribution in [2.45, 2.75) is 45.7 Å².